The lowest BCUT2D eigenvalue weighted by Gasteiger charge is -2.08. The summed E-state index contributed by atoms with van der Waals surface area (Å²) < 4.78 is 21.6. The Kier molecular flexibility index (Phi) is 3.51. The highest BCUT2D eigenvalue weighted by atomic mass is 16.6. The smallest absolute Gasteiger partial charge is 0.120 e. The van der Waals surface area contributed by atoms with Crippen LogP contribution in [0.2, 0.25) is 0 Å². The molecule has 110 valence electrons. The number of hydrogen-bond donors (Lipinski definition) is 0. The van der Waals surface area contributed by atoms with Gasteiger partial charge in [0.1, 0.15) is 24.6 Å². The fourth-order valence-electron chi connectivity index (χ4n) is 2.28. The first-order valence-electron chi connectivity index (χ1n) is 7.33. The molecule has 0 spiro atoms. The molecule has 2 heterocycles. The number of epoxide rings is 2. The van der Waals surface area contributed by atoms with Gasteiger partial charge in [-0.2, -0.15) is 0 Å². The van der Waals surface area contributed by atoms with Crippen molar-refractivity contribution in [1.29, 1.82) is 0 Å². The second kappa shape index (κ2) is 5.64. The molecule has 0 saturated carbocycles. The quantitative estimate of drug-likeness (QED) is 0.734. The highest BCUT2D eigenvalue weighted by Crippen LogP contribution is 2.23. The maximum atomic E-state index is 5.73. The SMILES string of the molecule is c1cc2ccc(OCC3CO3)cc2cc1COCC1CO1. The average molecular weight is 286 g/mol. The van der Waals surface area contributed by atoms with Crippen molar-refractivity contribution < 1.29 is 18.9 Å². The van der Waals surface area contributed by atoms with Crippen molar-refractivity contribution in [3.05, 3.63) is 42.0 Å². The molecule has 2 saturated heterocycles. The van der Waals surface area contributed by atoms with E-state index >= 15 is 0 Å². The van der Waals surface area contributed by atoms with Crippen LogP contribution in [-0.4, -0.2) is 38.6 Å². The first-order chi connectivity index (χ1) is 10.4. The Morgan fingerprint density at radius 3 is 2.48 bits per heavy atom. The van der Waals surface area contributed by atoms with Crippen LogP contribution in [0.3, 0.4) is 0 Å². The van der Waals surface area contributed by atoms with Crippen molar-refractivity contribution in [2.75, 3.05) is 26.4 Å². The van der Waals surface area contributed by atoms with Crippen molar-refractivity contribution in [1.82, 2.24) is 0 Å². The van der Waals surface area contributed by atoms with Gasteiger partial charge in [0.15, 0.2) is 0 Å². The van der Waals surface area contributed by atoms with Gasteiger partial charge < -0.3 is 18.9 Å². The molecule has 4 nitrogen and oxygen atoms in total. The number of rotatable bonds is 7. The zero-order valence-electron chi connectivity index (χ0n) is 11.8. The standard InChI is InChI=1S/C17H18O4/c1-2-13-3-4-15(19-10-17-11-21-17)6-14(13)5-12(1)7-18-8-16-9-20-16/h1-6,16-17H,7-11H2. The van der Waals surface area contributed by atoms with E-state index in [0.717, 1.165) is 19.0 Å². The Morgan fingerprint density at radius 1 is 0.905 bits per heavy atom. The zero-order chi connectivity index (χ0) is 14.1. The molecule has 2 aromatic carbocycles. The lowest BCUT2D eigenvalue weighted by Crippen LogP contribution is -2.03. The minimum atomic E-state index is 0.282. The molecule has 0 radical (unpaired) electrons. The van der Waals surface area contributed by atoms with E-state index in [1.54, 1.807) is 0 Å². The molecule has 4 heteroatoms. The molecule has 2 fully saturated rings. The van der Waals surface area contributed by atoms with Gasteiger partial charge in [0.05, 0.1) is 26.4 Å². The summed E-state index contributed by atoms with van der Waals surface area (Å²) >= 11 is 0. The molecular weight excluding hydrogens is 268 g/mol. The van der Waals surface area contributed by atoms with Gasteiger partial charge in [0, 0.05) is 0 Å². The van der Waals surface area contributed by atoms with Crippen LogP contribution in [0.5, 0.6) is 5.75 Å². The molecule has 0 aromatic heterocycles. The van der Waals surface area contributed by atoms with Gasteiger partial charge in [-0.25, -0.2) is 0 Å². The van der Waals surface area contributed by atoms with E-state index in [4.69, 9.17) is 18.9 Å². The largest absolute Gasteiger partial charge is 0.491 e. The van der Waals surface area contributed by atoms with Crippen LogP contribution < -0.4 is 4.74 Å². The number of ether oxygens (including phenoxy) is 4. The van der Waals surface area contributed by atoms with Crippen LogP contribution in [0.4, 0.5) is 0 Å². The van der Waals surface area contributed by atoms with E-state index in [1.165, 1.54) is 16.3 Å². The Balaban J connectivity index is 1.44. The number of fused-ring (bicyclic) bond motifs is 1. The molecule has 2 unspecified atom stereocenters. The Morgan fingerprint density at radius 2 is 1.67 bits per heavy atom. The van der Waals surface area contributed by atoms with Gasteiger partial charge in [-0.15, -0.1) is 0 Å². The third-order valence-corrected chi connectivity index (χ3v) is 3.69. The summed E-state index contributed by atoms with van der Waals surface area (Å²) in [5.41, 5.74) is 1.17. The van der Waals surface area contributed by atoms with Gasteiger partial charge >= 0.3 is 0 Å². The van der Waals surface area contributed by atoms with E-state index in [1.807, 2.05) is 6.07 Å². The first-order valence-corrected chi connectivity index (χ1v) is 7.33. The fraction of sp³-hybridized carbons (Fsp3) is 0.412. The molecule has 2 aromatic rings. The van der Waals surface area contributed by atoms with Gasteiger partial charge in [0.25, 0.3) is 0 Å². The third-order valence-electron chi connectivity index (χ3n) is 3.69. The van der Waals surface area contributed by atoms with E-state index in [0.29, 0.717) is 25.9 Å². The average Bonchev–Trinajstić information content (AvgIpc) is 3.38. The lowest BCUT2D eigenvalue weighted by molar-refractivity contribution is 0.104. The monoisotopic (exact) mass is 286 g/mol. The minimum absolute atomic E-state index is 0.282. The van der Waals surface area contributed by atoms with E-state index in [-0.39, 0.29) is 6.10 Å². The normalized spacial score (nSPS) is 23.2. The number of hydrogen-bond acceptors (Lipinski definition) is 4. The fourth-order valence-corrected chi connectivity index (χ4v) is 2.28. The Labute approximate surface area is 123 Å². The van der Waals surface area contributed by atoms with E-state index in [9.17, 15) is 0 Å². The first kappa shape index (κ1) is 13.1. The van der Waals surface area contributed by atoms with Crippen LogP contribution >= 0.6 is 0 Å². The molecule has 0 aliphatic carbocycles. The van der Waals surface area contributed by atoms with E-state index in [2.05, 4.69) is 30.3 Å². The highest BCUT2D eigenvalue weighted by molar-refractivity contribution is 5.84. The van der Waals surface area contributed by atoms with Gasteiger partial charge in [0.2, 0.25) is 0 Å². The van der Waals surface area contributed by atoms with Gasteiger partial charge in [-0.1, -0.05) is 18.2 Å². The summed E-state index contributed by atoms with van der Waals surface area (Å²) in [6, 6.07) is 12.5. The molecule has 2 aliphatic heterocycles. The summed E-state index contributed by atoms with van der Waals surface area (Å²) in [4.78, 5) is 0. The van der Waals surface area contributed by atoms with Crippen molar-refractivity contribution in [2.24, 2.45) is 0 Å². The van der Waals surface area contributed by atoms with Crippen LogP contribution in [0.25, 0.3) is 10.8 Å². The van der Waals surface area contributed by atoms with Crippen molar-refractivity contribution in [3.8, 4) is 5.75 Å². The molecule has 0 amide bonds. The van der Waals surface area contributed by atoms with Crippen LogP contribution in [0.15, 0.2) is 36.4 Å². The summed E-state index contributed by atoms with van der Waals surface area (Å²) in [7, 11) is 0. The molecule has 4 rings (SSSR count). The molecule has 2 atom stereocenters. The summed E-state index contributed by atoms with van der Waals surface area (Å²) in [6.07, 6.45) is 0.597. The van der Waals surface area contributed by atoms with Crippen LogP contribution in [0.1, 0.15) is 5.56 Å². The second-order valence-electron chi connectivity index (χ2n) is 5.58. The molecule has 0 bridgehead atoms. The van der Waals surface area contributed by atoms with Crippen LogP contribution in [-0.2, 0) is 20.8 Å². The molecule has 0 N–H and O–H groups in total. The zero-order valence-corrected chi connectivity index (χ0v) is 11.8. The summed E-state index contributed by atoms with van der Waals surface area (Å²) in [5, 5.41) is 2.38. The van der Waals surface area contributed by atoms with Gasteiger partial charge in [-0.3, -0.25) is 0 Å². The highest BCUT2D eigenvalue weighted by Gasteiger charge is 2.23. The minimum Gasteiger partial charge on any atom is -0.491 e. The van der Waals surface area contributed by atoms with Crippen LogP contribution in [0, 0.1) is 0 Å². The second-order valence-corrected chi connectivity index (χ2v) is 5.58. The van der Waals surface area contributed by atoms with Crippen molar-refractivity contribution in [3.63, 3.8) is 0 Å². The molecule has 2 aliphatic rings. The molecule has 21 heavy (non-hydrogen) atoms. The summed E-state index contributed by atoms with van der Waals surface area (Å²) in [5.74, 6) is 0.891. The Bertz CT molecular complexity index is 632. The molecular formula is C17H18O4. The van der Waals surface area contributed by atoms with Crippen molar-refractivity contribution >= 4 is 10.8 Å². The van der Waals surface area contributed by atoms with E-state index < -0.39 is 0 Å². The predicted octanol–water partition coefficient (Wildman–Crippen LogP) is 2.53. The topological polar surface area (TPSA) is 43.5 Å². The van der Waals surface area contributed by atoms with Crippen molar-refractivity contribution in [2.45, 2.75) is 18.8 Å². The van der Waals surface area contributed by atoms with Gasteiger partial charge in [-0.05, 0) is 34.5 Å². The third kappa shape index (κ3) is 3.53. The maximum absolute atomic E-state index is 5.73. The summed E-state index contributed by atoms with van der Waals surface area (Å²) in [6.45, 7) is 3.60. The lowest BCUT2D eigenvalue weighted by atomic mass is 10.1. The predicted molar refractivity (Wildman–Crippen MR) is 78.6 cm³/mol. The number of benzene rings is 2. The maximum Gasteiger partial charge on any atom is 0.120 e. The Hall–Kier alpha value is -1.62.